The zero-order chi connectivity index (χ0) is 12.4. The van der Waals surface area contributed by atoms with Gasteiger partial charge in [-0.2, -0.15) is 0 Å². The Balaban J connectivity index is 2.73. The summed E-state index contributed by atoms with van der Waals surface area (Å²) in [6.45, 7) is 0. The number of carbonyl (C=O) groups is 1. The molecule has 5 heteroatoms. The van der Waals surface area contributed by atoms with Gasteiger partial charge in [-0.25, -0.2) is 9.78 Å². The first-order valence-electron chi connectivity index (χ1n) is 4.91. The van der Waals surface area contributed by atoms with Crippen molar-refractivity contribution < 1.29 is 19.4 Å². The smallest absolute Gasteiger partial charge is 0.358 e. The van der Waals surface area contributed by atoms with Crippen molar-refractivity contribution >= 4 is 16.7 Å². The lowest BCUT2D eigenvalue weighted by molar-refractivity contribution is 0.0687. The molecule has 0 bridgehead atoms. The van der Waals surface area contributed by atoms with E-state index < -0.39 is 5.97 Å². The number of ether oxygens (including phenoxy) is 2. The summed E-state index contributed by atoms with van der Waals surface area (Å²) in [4.78, 5) is 14.9. The fourth-order valence-electron chi connectivity index (χ4n) is 1.66. The molecule has 17 heavy (non-hydrogen) atoms. The molecular weight excluding hydrogens is 222 g/mol. The topological polar surface area (TPSA) is 68.7 Å². The number of rotatable bonds is 3. The first-order valence-corrected chi connectivity index (χ1v) is 4.91. The molecule has 0 aliphatic heterocycles. The largest absolute Gasteiger partial charge is 0.497 e. The number of fused-ring (bicyclic) bond motifs is 1. The molecule has 0 amide bonds. The Morgan fingerprint density at radius 2 is 2.06 bits per heavy atom. The fraction of sp³-hybridized carbons (Fsp3) is 0.167. The molecule has 0 saturated heterocycles. The molecule has 88 valence electrons. The first kappa shape index (κ1) is 11.2. The van der Waals surface area contributed by atoms with Crippen LogP contribution < -0.4 is 9.47 Å². The van der Waals surface area contributed by atoms with Crippen LogP contribution in [0.5, 0.6) is 11.5 Å². The van der Waals surface area contributed by atoms with Crippen molar-refractivity contribution in [2.75, 3.05) is 14.2 Å². The minimum atomic E-state index is -1.11. The molecule has 0 spiro atoms. The highest BCUT2D eigenvalue weighted by molar-refractivity contribution is 5.98. The van der Waals surface area contributed by atoms with Gasteiger partial charge in [0.25, 0.3) is 0 Å². The van der Waals surface area contributed by atoms with Crippen molar-refractivity contribution in [1.82, 2.24) is 4.98 Å². The van der Waals surface area contributed by atoms with Crippen molar-refractivity contribution in [3.8, 4) is 11.5 Å². The Kier molecular flexibility index (Phi) is 2.82. The van der Waals surface area contributed by atoms with Gasteiger partial charge in [0.2, 0.25) is 0 Å². The summed E-state index contributed by atoms with van der Waals surface area (Å²) in [5.74, 6) is -0.165. The van der Waals surface area contributed by atoms with Gasteiger partial charge in [0.15, 0.2) is 11.4 Å². The SMILES string of the molecule is COc1ccc2c(OC)c(C(=O)O)ncc2c1. The van der Waals surface area contributed by atoms with Gasteiger partial charge in [0.05, 0.1) is 14.2 Å². The van der Waals surface area contributed by atoms with E-state index in [1.54, 1.807) is 25.3 Å². The van der Waals surface area contributed by atoms with Crippen LogP contribution in [0, 0.1) is 0 Å². The number of nitrogens with zero attached hydrogens (tertiary/aromatic N) is 1. The summed E-state index contributed by atoms with van der Waals surface area (Å²) in [5, 5.41) is 10.5. The van der Waals surface area contributed by atoms with Gasteiger partial charge >= 0.3 is 5.97 Å². The Morgan fingerprint density at radius 1 is 1.29 bits per heavy atom. The molecule has 2 rings (SSSR count). The lowest BCUT2D eigenvalue weighted by Crippen LogP contribution is -2.04. The van der Waals surface area contributed by atoms with Crippen LogP contribution in [-0.4, -0.2) is 30.3 Å². The van der Waals surface area contributed by atoms with Crippen LogP contribution in [-0.2, 0) is 0 Å². The third-order valence-corrected chi connectivity index (χ3v) is 2.46. The number of methoxy groups -OCH3 is 2. The van der Waals surface area contributed by atoms with Crippen LogP contribution in [0.3, 0.4) is 0 Å². The molecule has 0 saturated carbocycles. The van der Waals surface area contributed by atoms with E-state index in [1.807, 2.05) is 0 Å². The molecule has 0 fully saturated rings. The number of carboxylic acid groups (broad SMARTS) is 1. The summed E-state index contributed by atoms with van der Waals surface area (Å²) >= 11 is 0. The monoisotopic (exact) mass is 233 g/mol. The number of carboxylic acids is 1. The Labute approximate surface area is 97.6 Å². The maximum absolute atomic E-state index is 11.0. The highest BCUT2D eigenvalue weighted by Gasteiger charge is 2.16. The van der Waals surface area contributed by atoms with E-state index in [4.69, 9.17) is 14.6 Å². The summed E-state index contributed by atoms with van der Waals surface area (Å²) in [7, 11) is 2.99. The quantitative estimate of drug-likeness (QED) is 0.877. The molecule has 0 atom stereocenters. The van der Waals surface area contributed by atoms with E-state index in [9.17, 15) is 4.79 Å². The molecular formula is C12H11NO4. The normalized spacial score (nSPS) is 10.2. The summed E-state index contributed by atoms with van der Waals surface area (Å²) in [5.41, 5.74) is -0.0924. The summed E-state index contributed by atoms with van der Waals surface area (Å²) < 4.78 is 10.2. The van der Waals surface area contributed by atoms with Crippen molar-refractivity contribution in [1.29, 1.82) is 0 Å². The van der Waals surface area contributed by atoms with Gasteiger partial charge in [-0.3, -0.25) is 0 Å². The van der Waals surface area contributed by atoms with E-state index in [-0.39, 0.29) is 11.4 Å². The lowest BCUT2D eigenvalue weighted by atomic mass is 10.1. The molecule has 0 aliphatic rings. The fourth-order valence-corrected chi connectivity index (χ4v) is 1.66. The zero-order valence-electron chi connectivity index (χ0n) is 9.43. The number of aromatic nitrogens is 1. The van der Waals surface area contributed by atoms with Crippen LogP contribution >= 0.6 is 0 Å². The Bertz CT molecular complexity index is 580. The van der Waals surface area contributed by atoms with E-state index in [2.05, 4.69) is 4.98 Å². The predicted molar refractivity (Wildman–Crippen MR) is 61.8 cm³/mol. The minimum Gasteiger partial charge on any atom is -0.497 e. The number of benzene rings is 1. The first-order chi connectivity index (χ1) is 8.17. The molecule has 1 heterocycles. The lowest BCUT2D eigenvalue weighted by Gasteiger charge is -2.09. The average Bonchev–Trinajstić information content (AvgIpc) is 2.36. The standard InChI is InChI=1S/C12H11NO4/c1-16-8-3-4-9-7(5-8)6-13-10(12(14)15)11(9)17-2/h3-6H,1-2H3,(H,14,15). The highest BCUT2D eigenvalue weighted by atomic mass is 16.5. The van der Waals surface area contributed by atoms with Gasteiger partial charge in [0, 0.05) is 17.0 Å². The van der Waals surface area contributed by atoms with E-state index in [0.717, 1.165) is 5.39 Å². The van der Waals surface area contributed by atoms with Crippen LogP contribution in [0.1, 0.15) is 10.5 Å². The minimum absolute atomic E-state index is 0.0924. The van der Waals surface area contributed by atoms with Crippen LogP contribution in [0.25, 0.3) is 10.8 Å². The molecule has 1 aromatic carbocycles. The van der Waals surface area contributed by atoms with Crippen LogP contribution in [0.2, 0.25) is 0 Å². The Hall–Kier alpha value is -2.30. The van der Waals surface area contributed by atoms with Crippen molar-refractivity contribution in [2.24, 2.45) is 0 Å². The zero-order valence-corrected chi connectivity index (χ0v) is 9.43. The van der Waals surface area contributed by atoms with Crippen molar-refractivity contribution in [2.45, 2.75) is 0 Å². The second kappa shape index (κ2) is 4.29. The molecule has 1 N–H and O–H groups in total. The average molecular weight is 233 g/mol. The number of hydrogen-bond acceptors (Lipinski definition) is 4. The maximum atomic E-state index is 11.0. The third-order valence-electron chi connectivity index (χ3n) is 2.46. The molecule has 2 aromatic rings. The van der Waals surface area contributed by atoms with Crippen molar-refractivity contribution in [3.63, 3.8) is 0 Å². The molecule has 5 nitrogen and oxygen atoms in total. The van der Waals surface area contributed by atoms with Crippen molar-refractivity contribution in [3.05, 3.63) is 30.1 Å². The Morgan fingerprint density at radius 3 is 2.65 bits per heavy atom. The third kappa shape index (κ3) is 1.87. The van der Waals surface area contributed by atoms with E-state index >= 15 is 0 Å². The number of hydrogen-bond donors (Lipinski definition) is 1. The molecule has 0 unspecified atom stereocenters. The van der Waals surface area contributed by atoms with E-state index in [1.165, 1.54) is 13.3 Å². The van der Waals surface area contributed by atoms with Crippen LogP contribution in [0.15, 0.2) is 24.4 Å². The van der Waals surface area contributed by atoms with E-state index in [0.29, 0.717) is 11.1 Å². The number of aromatic carboxylic acids is 1. The van der Waals surface area contributed by atoms with Crippen LogP contribution in [0.4, 0.5) is 0 Å². The second-order valence-electron chi connectivity index (χ2n) is 3.40. The summed E-state index contributed by atoms with van der Waals surface area (Å²) in [6.07, 6.45) is 1.49. The van der Waals surface area contributed by atoms with Gasteiger partial charge < -0.3 is 14.6 Å². The van der Waals surface area contributed by atoms with Gasteiger partial charge in [-0.1, -0.05) is 0 Å². The molecule has 0 radical (unpaired) electrons. The van der Waals surface area contributed by atoms with Gasteiger partial charge in [0.1, 0.15) is 5.75 Å². The maximum Gasteiger partial charge on any atom is 0.358 e. The highest BCUT2D eigenvalue weighted by Crippen LogP contribution is 2.30. The van der Waals surface area contributed by atoms with Gasteiger partial charge in [-0.05, 0) is 18.2 Å². The summed E-state index contributed by atoms with van der Waals surface area (Å²) in [6, 6.07) is 5.27. The number of pyridine rings is 1. The second-order valence-corrected chi connectivity index (χ2v) is 3.40. The molecule has 1 aromatic heterocycles. The predicted octanol–water partition coefficient (Wildman–Crippen LogP) is 1.95. The van der Waals surface area contributed by atoms with Gasteiger partial charge in [-0.15, -0.1) is 0 Å². The molecule has 0 aliphatic carbocycles.